The molecule has 1 aromatic heterocycles. The van der Waals surface area contributed by atoms with Gasteiger partial charge in [0.2, 0.25) is 5.06 Å². The van der Waals surface area contributed by atoms with Crippen LogP contribution in [0.2, 0.25) is 0 Å². The van der Waals surface area contributed by atoms with Gasteiger partial charge in [0.05, 0.1) is 0 Å². The number of fused-ring (bicyclic) bond motifs is 1. The highest BCUT2D eigenvalue weighted by atomic mass is 32.1. The third-order valence-corrected chi connectivity index (χ3v) is 3.57. The van der Waals surface area contributed by atoms with Crippen LogP contribution in [0.25, 0.3) is 0 Å². The second kappa shape index (κ2) is 5.40. The number of hydrogen-bond donors (Lipinski definition) is 0. The fraction of sp³-hybridized carbons (Fsp3) is 0.667. The zero-order chi connectivity index (χ0) is 10.5. The first kappa shape index (κ1) is 10.8. The molecule has 0 aromatic carbocycles. The first-order valence-corrected chi connectivity index (χ1v) is 6.65. The molecule has 2 nitrogen and oxygen atoms in total. The second-order valence-electron chi connectivity index (χ2n) is 3.89. The van der Waals surface area contributed by atoms with Crippen molar-refractivity contribution in [2.24, 2.45) is 0 Å². The van der Waals surface area contributed by atoms with Gasteiger partial charge in [0.1, 0.15) is 13.2 Å². The van der Waals surface area contributed by atoms with Crippen molar-refractivity contribution >= 4 is 11.3 Å². The van der Waals surface area contributed by atoms with E-state index in [9.17, 15) is 0 Å². The Morgan fingerprint density at radius 3 is 2.93 bits per heavy atom. The molecule has 3 heteroatoms. The summed E-state index contributed by atoms with van der Waals surface area (Å²) in [5, 5.41) is 3.16. The number of unbranched alkanes of at least 4 members (excludes halogenated alkanes) is 3. The lowest BCUT2D eigenvalue weighted by atomic mass is 10.1. The number of thiophene rings is 1. The lowest BCUT2D eigenvalue weighted by Gasteiger charge is -2.15. The first-order chi connectivity index (χ1) is 7.42. The van der Waals surface area contributed by atoms with Crippen molar-refractivity contribution in [1.82, 2.24) is 0 Å². The third-order valence-electron chi connectivity index (χ3n) is 2.65. The van der Waals surface area contributed by atoms with Gasteiger partial charge >= 0.3 is 0 Å². The largest absolute Gasteiger partial charge is 0.485 e. The first-order valence-electron chi connectivity index (χ1n) is 5.77. The van der Waals surface area contributed by atoms with Gasteiger partial charge in [0, 0.05) is 10.9 Å². The van der Waals surface area contributed by atoms with Gasteiger partial charge in [0.25, 0.3) is 0 Å². The molecule has 84 valence electrons. The number of ether oxygens (including phenoxy) is 2. The minimum Gasteiger partial charge on any atom is -0.485 e. The van der Waals surface area contributed by atoms with Gasteiger partial charge in [-0.25, -0.2) is 0 Å². The van der Waals surface area contributed by atoms with Gasteiger partial charge in [-0.15, -0.1) is 11.3 Å². The van der Waals surface area contributed by atoms with Gasteiger partial charge in [-0.2, -0.15) is 0 Å². The molecule has 0 unspecified atom stereocenters. The van der Waals surface area contributed by atoms with Crippen LogP contribution in [-0.2, 0) is 6.42 Å². The Kier molecular flexibility index (Phi) is 3.89. The topological polar surface area (TPSA) is 18.5 Å². The normalized spacial score (nSPS) is 14.2. The summed E-state index contributed by atoms with van der Waals surface area (Å²) in [6.45, 7) is 3.64. The van der Waals surface area contributed by atoms with Gasteiger partial charge in [0.15, 0.2) is 5.75 Å². The van der Waals surface area contributed by atoms with E-state index in [2.05, 4.69) is 12.3 Å². The van der Waals surface area contributed by atoms with Gasteiger partial charge in [-0.1, -0.05) is 26.2 Å². The van der Waals surface area contributed by atoms with Crippen LogP contribution in [0.15, 0.2) is 5.38 Å². The Morgan fingerprint density at radius 2 is 2.07 bits per heavy atom. The number of rotatable bonds is 5. The third kappa shape index (κ3) is 2.65. The lowest BCUT2D eigenvalue weighted by Crippen LogP contribution is -2.14. The Labute approximate surface area is 95.2 Å². The zero-order valence-electron chi connectivity index (χ0n) is 9.25. The molecule has 0 saturated carbocycles. The number of hydrogen-bond acceptors (Lipinski definition) is 3. The summed E-state index contributed by atoms with van der Waals surface area (Å²) in [6, 6.07) is 0. The molecule has 1 aliphatic rings. The maximum atomic E-state index is 5.64. The van der Waals surface area contributed by atoms with Crippen LogP contribution >= 0.6 is 11.3 Å². The summed E-state index contributed by atoms with van der Waals surface area (Å²) in [6.07, 6.45) is 6.35. The van der Waals surface area contributed by atoms with Crippen LogP contribution in [0, 0.1) is 0 Å². The van der Waals surface area contributed by atoms with Crippen molar-refractivity contribution in [3.8, 4) is 10.8 Å². The lowest BCUT2D eigenvalue weighted by molar-refractivity contribution is 0.176. The average molecular weight is 226 g/mol. The molecule has 15 heavy (non-hydrogen) atoms. The summed E-state index contributed by atoms with van der Waals surface area (Å²) in [7, 11) is 0. The van der Waals surface area contributed by atoms with Gasteiger partial charge < -0.3 is 9.47 Å². The zero-order valence-corrected chi connectivity index (χ0v) is 10.1. The summed E-state index contributed by atoms with van der Waals surface area (Å²) in [5.41, 5.74) is 1.34. The molecule has 0 amide bonds. The quantitative estimate of drug-likeness (QED) is 0.714. The van der Waals surface area contributed by atoms with Gasteiger partial charge in [-0.05, 0) is 12.8 Å². The standard InChI is InChI=1S/C12H18O2S/c1-2-3-4-5-6-10-9-15-12-11(10)13-7-8-14-12/h9H,2-8H2,1H3. The predicted molar refractivity (Wildman–Crippen MR) is 63.2 cm³/mol. The Bertz CT molecular complexity index is 307. The molecule has 0 fully saturated rings. The number of aryl methyl sites for hydroxylation is 1. The van der Waals surface area contributed by atoms with Crippen LogP contribution < -0.4 is 9.47 Å². The fourth-order valence-corrected chi connectivity index (χ4v) is 2.73. The SMILES string of the molecule is CCCCCCc1csc2c1OCCO2. The minimum atomic E-state index is 0.697. The second-order valence-corrected chi connectivity index (χ2v) is 4.73. The summed E-state index contributed by atoms with van der Waals surface area (Å²) < 4.78 is 11.2. The van der Waals surface area contributed by atoms with Crippen LogP contribution in [0.5, 0.6) is 10.8 Å². The highest BCUT2D eigenvalue weighted by Gasteiger charge is 2.17. The molecule has 0 radical (unpaired) electrons. The molecule has 0 atom stereocenters. The van der Waals surface area contributed by atoms with E-state index in [0.717, 1.165) is 17.2 Å². The fourth-order valence-electron chi connectivity index (χ4n) is 1.81. The molecule has 1 aliphatic heterocycles. The summed E-state index contributed by atoms with van der Waals surface area (Å²) in [5.74, 6) is 1.02. The van der Waals surface area contributed by atoms with E-state index in [0.29, 0.717) is 13.2 Å². The van der Waals surface area contributed by atoms with E-state index in [1.807, 2.05) is 0 Å². The summed E-state index contributed by atoms with van der Waals surface area (Å²) >= 11 is 1.67. The molecule has 0 saturated heterocycles. The maximum absolute atomic E-state index is 5.64. The van der Waals surface area contributed by atoms with E-state index >= 15 is 0 Å². The van der Waals surface area contributed by atoms with Gasteiger partial charge in [-0.3, -0.25) is 0 Å². The van der Waals surface area contributed by atoms with Crippen molar-refractivity contribution in [3.05, 3.63) is 10.9 Å². The monoisotopic (exact) mass is 226 g/mol. The molecule has 0 spiro atoms. The Hall–Kier alpha value is -0.700. The van der Waals surface area contributed by atoms with Crippen LogP contribution in [0.1, 0.15) is 38.2 Å². The van der Waals surface area contributed by atoms with E-state index in [-0.39, 0.29) is 0 Å². The highest BCUT2D eigenvalue weighted by molar-refractivity contribution is 7.12. The minimum absolute atomic E-state index is 0.697. The maximum Gasteiger partial charge on any atom is 0.217 e. The summed E-state index contributed by atoms with van der Waals surface area (Å²) in [4.78, 5) is 0. The van der Waals surface area contributed by atoms with E-state index in [1.54, 1.807) is 11.3 Å². The molecule has 1 aromatic rings. The van der Waals surface area contributed by atoms with Crippen molar-refractivity contribution in [2.45, 2.75) is 39.0 Å². The molecule has 0 N–H and O–H groups in total. The van der Waals surface area contributed by atoms with Crippen molar-refractivity contribution in [3.63, 3.8) is 0 Å². The smallest absolute Gasteiger partial charge is 0.217 e. The predicted octanol–water partition coefficient (Wildman–Crippen LogP) is 3.64. The molecule has 0 aliphatic carbocycles. The Balaban J connectivity index is 1.88. The van der Waals surface area contributed by atoms with E-state index in [1.165, 1.54) is 31.2 Å². The molecule has 0 bridgehead atoms. The Morgan fingerprint density at radius 1 is 1.20 bits per heavy atom. The molecule has 2 heterocycles. The molecular formula is C12H18O2S. The average Bonchev–Trinajstić information content (AvgIpc) is 2.68. The highest BCUT2D eigenvalue weighted by Crippen LogP contribution is 2.40. The van der Waals surface area contributed by atoms with Crippen molar-refractivity contribution in [1.29, 1.82) is 0 Å². The van der Waals surface area contributed by atoms with Crippen LogP contribution in [0.3, 0.4) is 0 Å². The van der Waals surface area contributed by atoms with E-state index < -0.39 is 0 Å². The van der Waals surface area contributed by atoms with Crippen LogP contribution in [0.4, 0.5) is 0 Å². The van der Waals surface area contributed by atoms with E-state index in [4.69, 9.17) is 9.47 Å². The molecule has 2 rings (SSSR count). The van der Waals surface area contributed by atoms with Crippen molar-refractivity contribution < 1.29 is 9.47 Å². The van der Waals surface area contributed by atoms with Crippen molar-refractivity contribution in [2.75, 3.05) is 13.2 Å². The van der Waals surface area contributed by atoms with Crippen LogP contribution in [-0.4, -0.2) is 13.2 Å². The molecular weight excluding hydrogens is 208 g/mol.